The number of hydrogen-bond donors (Lipinski definition) is 3. The molecule has 23 heavy (non-hydrogen) atoms. The average Bonchev–Trinajstić information content (AvgIpc) is 2.47. The van der Waals surface area contributed by atoms with Gasteiger partial charge in [0.1, 0.15) is 0 Å². The van der Waals surface area contributed by atoms with Crippen LogP contribution in [0.25, 0.3) is 0 Å². The molecule has 2 rings (SSSR count). The molecule has 3 N–H and O–H groups in total. The van der Waals surface area contributed by atoms with Crippen molar-refractivity contribution in [3.63, 3.8) is 0 Å². The van der Waals surface area contributed by atoms with E-state index in [2.05, 4.69) is 30.3 Å². The molecule has 0 unspecified atom stereocenters. The summed E-state index contributed by atoms with van der Waals surface area (Å²) in [6.45, 7) is 6.90. The van der Waals surface area contributed by atoms with Crippen molar-refractivity contribution in [1.82, 2.24) is 15.0 Å². The highest BCUT2D eigenvalue weighted by Crippen LogP contribution is 2.16. The van der Waals surface area contributed by atoms with Crippen molar-refractivity contribution in [3.8, 4) is 0 Å². The van der Waals surface area contributed by atoms with Crippen molar-refractivity contribution in [2.24, 2.45) is 0 Å². The van der Waals surface area contributed by atoms with Crippen LogP contribution in [0, 0.1) is 6.92 Å². The van der Waals surface area contributed by atoms with Gasteiger partial charge in [0.25, 0.3) is 10.0 Å². The highest BCUT2D eigenvalue weighted by Gasteiger charge is 2.17. The van der Waals surface area contributed by atoms with Crippen molar-refractivity contribution < 1.29 is 8.42 Å². The SMILES string of the molecule is CCNc1nc(NCC)nc(NS(=O)(=O)c2ccc(C)cc2)n1. The quantitative estimate of drug-likeness (QED) is 0.708. The highest BCUT2D eigenvalue weighted by molar-refractivity contribution is 7.92. The Balaban J connectivity index is 2.31. The van der Waals surface area contributed by atoms with E-state index in [0.717, 1.165) is 5.56 Å². The Hall–Kier alpha value is -2.42. The molecular weight excluding hydrogens is 316 g/mol. The summed E-state index contributed by atoms with van der Waals surface area (Å²) in [5.74, 6) is 0.576. The molecule has 1 aromatic carbocycles. The minimum Gasteiger partial charge on any atom is -0.354 e. The molecule has 8 nitrogen and oxygen atoms in total. The van der Waals surface area contributed by atoms with Gasteiger partial charge in [0.2, 0.25) is 17.8 Å². The van der Waals surface area contributed by atoms with Crippen LogP contribution in [-0.2, 0) is 10.0 Å². The van der Waals surface area contributed by atoms with Gasteiger partial charge in [-0.25, -0.2) is 13.1 Å². The van der Waals surface area contributed by atoms with E-state index in [4.69, 9.17) is 0 Å². The number of anilines is 3. The highest BCUT2D eigenvalue weighted by atomic mass is 32.2. The first kappa shape index (κ1) is 16.9. The molecule has 0 saturated carbocycles. The lowest BCUT2D eigenvalue weighted by molar-refractivity contribution is 0.601. The third-order valence-electron chi connectivity index (χ3n) is 2.86. The molecule has 0 spiro atoms. The van der Waals surface area contributed by atoms with Crippen LogP contribution in [-0.4, -0.2) is 36.5 Å². The van der Waals surface area contributed by atoms with Crippen LogP contribution >= 0.6 is 0 Å². The van der Waals surface area contributed by atoms with Gasteiger partial charge in [-0.1, -0.05) is 17.7 Å². The van der Waals surface area contributed by atoms with Crippen LogP contribution < -0.4 is 15.4 Å². The summed E-state index contributed by atoms with van der Waals surface area (Å²) in [4.78, 5) is 12.4. The maximum atomic E-state index is 12.4. The summed E-state index contributed by atoms with van der Waals surface area (Å²) in [6.07, 6.45) is 0. The van der Waals surface area contributed by atoms with Crippen molar-refractivity contribution in [2.45, 2.75) is 25.7 Å². The fraction of sp³-hybridized carbons (Fsp3) is 0.357. The molecule has 0 aliphatic carbocycles. The van der Waals surface area contributed by atoms with Gasteiger partial charge in [-0.05, 0) is 32.9 Å². The topological polar surface area (TPSA) is 109 Å². The van der Waals surface area contributed by atoms with E-state index < -0.39 is 10.0 Å². The van der Waals surface area contributed by atoms with Gasteiger partial charge in [0, 0.05) is 13.1 Å². The molecule has 0 aliphatic heterocycles. The Labute approximate surface area is 135 Å². The summed E-state index contributed by atoms with van der Waals surface area (Å²) >= 11 is 0. The normalized spacial score (nSPS) is 11.1. The number of hydrogen-bond acceptors (Lipinski definition) is 7. The second-order valence-electron chi connectivity index (χ2n) is 4.79. The lowest BCUT2D eigenvalue weighted by Gasteiger charge is -2.10. The zero-order chi connectivity index (χ0) is 16.9. The van der Waals surface area contributed by atoms with Crippen molar-refractivity contribution >= 4 is 27.9 Å². The summed E-state index contributed by atoms with van der Waals surface area (Å²) < 4.78 is 27.2. The second kappa shape index (κ2) is 7.23. The largest absolute Gasteiger partial charge is 0.354 e. The predicted octanol–water partition coefficient (Wildman–Crippen LogP) is 1.84. The van der Waals surface area contributed by atoms with E-state index in [9.17, 15) is 8.42 Å². The second-order valence-corrected chi connectivity index (χ2v) is 6.47. The Morgan fingerprint density at radius 3 is 1.83 bits per heavy atom. The molecule has 0 atom stereocenters. The number of sulfonamides is 1. The van der Waals surface area contributed by atoms with Gasteiger partial charge in [0.15, 0.2) is 0 Å². The van der Waals surface area contributed by atoms with Gasteiger partial charge < -0.3 is 10.6 Å². The first-order valence-electron chi connectivity index (χ1n) is 7.28. The molecule has 1 aromatic heterocycles. The first-order chi connectivity index (χ1) is 10.9. The standard InChI is InChI=1S/C14H20N6O2S/c1-4-15-12-17-13(16-5-2)19-14(18-12)20-23(21,22)11-8-6-10(3)7-9-11/h6-9H,4-5H2,1-3H3,(H3,15,16,17,18,19,20). The van der Waals surface area contributed by atoms with E-state index in [1.165, 1.54) is 12.1 Å². The first-order valence-corrected chi connectivity index (χ1v) is 8.76. The summed E-state index contributed by atoms with van der Waals surface area (Å²) in [5.41, 5.74) is 0.980. The minimum absolute atomic E-state index is 0.0347. The summed E-state index contributed by atoms with van der Waals surface area (Å²) in [5, 5.41) is 5.89. The minimum atomic E-state index is -3.75. The fourth-order valence-corrected chi connectivity index (χ4v) is 2.74. The Morgan fingerprint density at radius 1 is 0.870 bits per heavy atom. The van der Waals surface area contributed by atoms with E-state index >= 15 is 0 Å². The molecular formula is C14H20N6O2S. The number of aromatic nitrogens is 3. The van der Waals surface area contributed by atoms with Gasteiger partial charge in [-0.2, -0.15) is 15.0 Å². The fourth-order valence-electron chi connectivity index (χ4n) is 1.79. The lowest BCUT2D eigenvalue weighted by Crippen LogP contribution is -2.17. The molecule has 0 amide bonds. The van der Waals surface area contributed by atoms with Crippen molar-refractivity contribution in [1.29, 1.82) is 0 Å². The molecule has 0 bridgehead atoms. The zero-order valence-corrected chi connectivity index (χ0v) is 14.1. The lowest BCUT2D eigenvalue weighted by atomic mass is 10.2. The Kier molecular flexibility index (Phi) is 5.32. The van der Waals surface area contributed by atoms with Crippen molar-refractivity contribution in [3.05, 3.63) is 29.8 Å². The van der Waals surface area contributed by atoms with Crippen LogP contribution in [0.15, 0.2) is 29.2 Å². The molecule has 124 valence electrons. The monoisotopic (exact) mass is 336 g/mol. The van der Waals surface area contributed by atoms with E-state index in [-0.39, 0.29) is 10.8 Å². The van der Waals surface area contributed by atoms with Gasteiger partial charge in [-0.3, -0.25) is 0 Å². The van der Waals surface area contributed by atoms with Gasteiger partial charge in [-0.15, -0.1) is 0 Å². The van der Waals surface area contributed by atoms with Crippen molar-refractivity contribution in [2.75, 3.05) is 28.4 Å². The molecule has 2 aromatic rings. The maximum Gasteiger partial charge on any atom is 0.264 e. The smallest absolute Gasteiger partial charge is 0.264 e. The van der Waals surface area contributed by atoms with Crippen LogP contribution in [0.4, 0.5) is 17.8 Å². The number of rotatable bonds is 7. The molecule has 0 radical (unpaired) electrons. The maximum absolute atomic E-state index is 12.4. The number of nitrogens with one attached hydrogen (secondary N) is 3. The predicted molar refractivity (Wildman–Crippen MR) is 90.1 cm³/mol. The van der Waals surface area contributed by atoms with E-state index in [1.807, 2.05) is 20.8 Å². The van der Waals surface area contributed by atoms with Gasteiger partial charge >= 0.3 is 0 Å². The van der Waals surface area contributed by atoms with Crippen LogP contribution in [0.3, 0.4) is 0 Å². The number of aryl methyl sites for hydroxylation is 1. The Bertz CT molecular complexity index is 737. The third kappa shape index (κ3) is 4.52. The molecule has 9 heteroatoms. The number of benzene rings is 1. The third-order valence-corrected chi connectivity index (χ3v) is 4.21. The van der Waals surface area contributed by atoms with Crippen LogP contribution in [0.5, 0.6) is 0 Å². The molecule has 1 heterocycles. The van der Waals surface area contributed by atoms with E-state index in [1.54, 1.807) is 12.1 Å². The summed E-state index contributed by atoms with van der Waals surface area (Å²) in [6, 6.07) is 6.54. The molecule has 0 fully saturated rings. The zero-order valence-electron chi connectivity index (χ0n) is 13.3. The van der Waals surface area contributed by atoms with E-state index in [0.29, 0.717) is 25.0 Å². The summed E-state index contributed by atoms with van der Waals surface area (Å²) in [7, 11) is -3.75. The van der Waals surface area contributed by atoms with Gasteiger partial charge in [0.05, 0.1) is 4.90 Å². The average molecular weight is 336 g/mol. The molecule has 0 aliphatic rings. The number of nitrogens with zero attached hydrogens (tertiary/aromatic N) is 3. The van der Waals surface area contributed by atoms with Crippen LogP contribution in [0.1, 0.15) is 19.4 Å². The van der Waals surface area contributed by atoms with Crippen LogP contribution in [0.2, 0.25) is 0 Å². The Morgan fingerprint density at radius 2 is 1.35 bits per heavy atom. The molecule has 0 saturated heterocycles.